The molecule has 1 N–H and O–H groups in total. The number of carbonyl (C=O) groups is 1. The van der Waals surface area contributed by atoms with Crippen molar-refractivity contribution in [1.29, 1.82) is 0 Å². The minimum atomic E-state index is 0.339. The maximum absolute atomic E-state index is 11.8. The number of hydrogen-bond acceptors (Lipinski definition) is 3. The van der Waals surface area contributed by atoms with Crippen LogP contribution >= 0.6 is 11.8 Å². The molecule has 1 atom stereocenters. The van der Waals surface area contributed by atoms with Crippen molar-refractivity contribution in [1.82, 2.24) is 5.32 Å². The predicted molar refractivity (Wildman–Crippen MR) is 68.9 cm³/mol. The van der Waals surface area contributed by atoms with E-state index in [1.165, 1.54) is 5.75 Å². The average Bonchev–Trinajstić information content (AvgIpc) is 2.31. The standard InChI is InChI=1S/C13H17NOS/c15-13(8-11-4-2-1-3-5-11)9-12-10-16-7-6-14-12/h1-5,12,14H,6-10H2. The van der Waals surface area contributed by atoms with E-state index in [-0.39, 0.29) is 0 Å². The third-order valence-corrected chi connectivity index (χ3v) is 3.85. The lowest BCUT2D eigenvalue weighted by Crippen LogP contribution is -2.39. The van der Waals surface area contributed by atoms with Crippen LogP contribution in [0.15, 0.2) is 30.3 Å². The number of carbonyl (C=O) groups excluding carboxylic acids is 1. The lowest BCUT2D eigenvalue weighted by molar-refractivity contribution is -0.118. The van der Waals surface area contributed by atoms with E-state index in [0.717, 1.165) is 17.9 Å². The molecule has 1 aliphatic rings. The molecule has 1 aromatic rings. The molecule has 0 saturated carbocycles. The molecule has 2 nitrogen and oxygen atoms in total. The zero-order chi connectivity index (χ0) is 11.2. The van der Waals surface area contributed by atoms with Crippen LogP contribution in [0.5, 0.6) is 0 Å². The van der Waals surface area contributed by atoms with Crippen LogP contribution in [0.4, 0.5) is 0 Å². The fourth-order valence-corrected chi connectivity index (χ4v) is 2.87. The molecule has 0 spiro atoms. The van der Waals surface area contributed by atoms with Crippen LogP contribution in [-0.4, -0.2) is 29.9 Å². The number of nitrogens with one attached hydrogen (secondary N) is 1. The molecular formula is C13H17NOS. The summed E-state index contributed by atoms with van der Waals surface area (Å²) in [6.07, 6.45) is 1.24. The molecule has 1 aromatic carbocycles. The molecule has 16 heavy (non-hydrogen) atoms. The Morgan fingerprint density at radius 3 is 2.88 bits per heavy atom. The van der Waals surface area contributed by atoms with Gasteiger partial charge in [-0.3, -0.25) is 4.79 Å². The zero-order valence-corrected chi connectivity index (χ0v) is 10.1. The van der Waals surface area contributed by atoms with Gasteiger partial charge in [0.1, 0.15) is 5.78 Å². The summed E-state index contributed by atoms with van der Waals surface area (Å²) in [5.41, 5.74) is 1.12. The molecule has 0 aliphatic carbocycles. The molecule has 0 radical (unpaired) electrons. The highest BCUT2D eigenvalue weighted by Gasteiger charge is 2.16. The Morgan fingerprint density at radius 1 is 1.38 bits per heavy atom. The molecule has 1 aliphatic heterocycles. The van der Waals surface area contributed by atoms with Crippen molar-refractivity contribution >= 4 is 17.5 Å². The SMILES string of the molecule is O=C(Cc1ccccc1)CC1CSCCN1. The zero-order valence-electron chi connectivity index (χ0n) is 9.32. The number of rotatable bonds is 4. The molecular weight excluding hydrogens is 218 g/mol. The summed E-state index contributed by atoms with van der Waals surface area (Å²) in [6.45, 7) is 1.04. The Hall–Kier alpha value is -0.800. The molecule has 1 fully saturated rings. The molecule has 2 rings (SSSR count). The summed E-state index contributed by atoms with van der Waals surface area (Å²) >= 11 is 1.94. The van der Waals surface area contributed by atoms with Crippen LogP contribution in [0.25, 0.3) is 0 Å². The lowest BCUT2D eigenvalue weighted by atomic mass is 10.0. The summed E-state index contributed by atoms with van der Waals surface area (Å²) < 4.78 is 0. The number of benzene rings is 1. The van der Waals surface area contributed by atoms with Crippen LogP contribution in [-0.2, 0) is 11.2 Å². The third kappa shape index (κ3) is 3.65. The first-order chi connectivity index (χ1) is 7.84. The van der Waals surface area contributed by atoms with E-state index >= 15 is 0 Å². The van der Waals surface area contributed by atoms with Gasteiger partial charge in [0.05, 0.1) is 0 Å². The molecule has 0 aromatic heterocycles. The Kier molecular flexibility index (Phi) is 4.43. The molecule has 86 valence electrons. The second-order valence-corrected chi connectivity index (χ2v) is 5.28. The van der Waals surface area contributed by atoms with E-state index in [0.29, 0.717) is 24.7 Å². The van der Waals surface area contributed by atoms with Gasteiger partial charge in [0.2, 0.25) is 0 Å². The second kappa shape index (κ2) is 6.06. The van der Waals surface area contributed by atoms with Crippen molar-refractivity contribution in [2.24, 2.45) is 0 Å². The first-order valence-corrected chi connectivity index (χ1v) is 6.87. The highest BCUT2D eigenvalue weighted by molar-refractivity contribution is 7.99. The van der Waals surface area contributed by atoms with Gasteiger partial charge in [0.15, 0.2) is 0 Å². The van der Waals surface area contributed by atoms with Crippen LogP contribution in [0.3, 0.4) is 0 Å². The second-order valence-electron chi connectivity index (χ2n) is 4.13. The maximum Gasteiger partial charge on any atom is 0.138 e. The van der Waals surface area contributed by atoms with Gasteiger partial charge < -0.3 is 5.32 Å². The maximum atomic E-state index is 11.8. The largest absolute Gasteiger partial charge is 0.312 e. The van der Waals surface area contributed by atoms with Crippen LogP contribution in [0.1, 0.15) is 12.0 Å². The van der Waals surface area contributed by atoms with Crippen molar-refractivity contribution in [2.75, 3.05) is 18.1 Å². The predicted octanol–water partition coefficient (Wildman–Crippen LogP) is 1.89. The van der Waals surface area contributed by atoms with Crippen LogP contribution < -0.4 is 5.32 Å². The molecule has 0 bridgehead atoms. The van der Waals surface area contributed by atoms with Crippen molar-refractivity contribution in [3.05, 3.63) is 35.9 Å². The van der Waals surface area contributed by atoms with E-state index in [9.17, 15) is 4.79 Å². The summed E-state index contributed by atoms with van der Waals surface area (Å²) in [6, 6.07) is 10.4. The Balaban J connectivity index is 1.80. The highest BCUT2D eigenvalue weighted by Crippen LogP contribution is 2.12. The molecule has 1 unspecified atom stereocenters. The molecule has 0 amide bonds. The van der Waals surface area contributed by atoms with Gasteiger partial charge in [-0.1, -0.05) is 30.3 Å². The molecule has 3 heteroatoms. The van der Waals surface area contributed by atoms with E-state index in [4.69, 9.17) is 0 Å². The summed E-state index contributed by atoms with van der Waals surface area (Å²) in [4.78, 5) is 11.8. The topological polar surface area (TPSA) is 29.1 Å². The summed E-state index contributed by atoms with van der Waals surface area (Å²) in [5, 5.41) is 3.39. The normalized spacial score (nSPS) is 20.6. The number of ketones is 1. The first kappa shape index (κ1) is 11.7. The van der Waals surface area contributed by atoms with E-state index in [1.54, 1.807) is 0 Å². The average molecular weight is 235 g/mol. The van der Waals surface area contributed by atoms with Gasteiger partial charge >= 0.3 is 0 Å². The smallest absolute Gasteiger partial charge is 0.138 e. The van der Waals surface area contributed by atoms with Crippen molar-refractivity contribution in [2.45, 2.75) is 18.9 Å². The minimum Gasteiger partial charge on any atom is -0.312 e. The summed E-state index contributed by atoms with van der Waals surface area (Å²) in [5.74, 6) is 2.58. The number of hydrogen-bond donors (Lipinski definition) is 1. The fourth-order valence-electron chi connectivity index (χ4n) is 1.92. The molecule has 1 saturated heterocycles. The van der Waals surface area contributed by atoms with Gasteiger partial charge in [-0.25, -0.2) is 0 Å². The Bertz CT molecular complexity index is 333. The monoisotopic (exact) mass is 235 g/mol. The van der Waals surface area contributed by atoms with Crippen LogP contribution in [0.2, 0.25) is 0 Å². The van der Waals surface area contributed by atoms with Gasteiger partial charge in [-0.15, -0.1) is 0 Å². The first-order valence-electron chi connectivity index (χ1n) is 5.71. The van der Waals surface area contributed by atoms with Crippen LogP contribution in [0, 0.1) is 0 Å². The Labute approximate surface area is 101 Å². The number of thioether (sulfide) groups is 1. The van der Waals surface area contributed by atoms with Crippen molar-refractivity contribution < 1.29 is 4.79 Å². The van der Waals surface area contributed by atoms with Gasteiger partial charge in [-0.05, 0) is 5.56 Å². The fraction of sp³-hybridized carbons (Fsp3) is 0.462. The number of Topliss-reactive ketones (excluding diaryl/α,β-unsaturated/α-hetero) is 1. The van der Waals surface area contributed by atoms with E-state index < -0.39 is 0 Å². The van der Waals surface area contributed by atoms with E-state index in [1.807, 2.05) is 42.1 Å². The third-order valence-electron chi connectivity index (χ3n) is 2.72. The Morgan fingerprint density at radius 2 is 2.19 bits per heavy atom. The quantitative estimate of drug-likeness (QED) is 0.864. The lowest BCUT2D eigenvalue weighted by Gasteiger charge is -2.22. The van der Waals surface area contributed by atoms with Crippen molar-refractivity contribution in [3.8, 4) is 0 Å². The highest BCUT2D eigenvalue weighted by atomic mass is 32.2. The minimum absolute atomic E-state index is 0.339. The summed E-state index contributed by atoms with van der Waals surface area (Å²) in [7, 11) is 0. The van der Waals surface area contributed by atoms with Crippen molar-refractivity contribution in [3.63, 3.8) is 0 Å². The van der Waals surface area contributed by atoms with E-state index in [2.05, 4.69) is 5.32 Å². The molecule has 1 heterocycles. The van der Waals surface area contributed by atoms with Gasteiger partial charge in [0.25, 0.3) is 0 Å². The van der Waals surface area contributed by atoms with Gasteiger partial charge in [-0.2, -0.15) is 11.8 Å². The van der Waals surface area contributed by atoms with Gasteiger partial charge in [0, 0.05) is 36.9 Å².